The second-order valence-electron chi connectivity index (χ2n) is 6.80. The van der Waals surface area contributed by atoms with Crippen LogP contribution in [0.5, 0.6) is 0 Å². The summed E-state index contributed by atoms with van der Waals surface area (Å²) >= 11 is 0. The summed E-state index contributed by atoms with van der Waals surface area (Å²) in [5.41, 5.74) is -0.182. The number of fused-ring (bicyclic) bond motifs is 1. The average Bonchev–Trinajstić information content (AvgIpc) is 2.36. The fourth-order valence-electron chi connectivity index (χ4n) is 3.51. The molecule has 0 spiro atoms. The van der Waals surface area contributed by atoms with Crippen molar-refractivity contribution in [1.82, 2.24) is 0 Å². The number of hydrogen-bond acceptors (Lipinski definition) is 4. The molecule has 0 aromatic heterocycles. The van der Waals surface area contributed by atoms with Crippen molar-refractivity contribution >= 4 is 0 Å². The first-order valence-electron chi connectivity index (χ1n) is 7.42. The summed E-state index contributed by atoms with van der Waals surface area (Å²) in [7, 11) is 1.71. The maximum atomic E-state index is 9.47. The van der Waals surface area contributed by atoms with Crippen molar-refractivity contribution in [1.29, 1.82) is 0 Å². The van der Waals surface area contributed by atoms with Gasteiger partial charge in [0.05, 0.1) is 24.4 Å². The van der Waals surface area contributed by atoms with Crippen LogP contribution in [-0.2, 0) is 14.2 Å². The van der Waals surface area contributed by atoms with Gasteiger partial charge < -0.3 is 19.3 Å². The van der Waals surface area contributed by atoms with E-state index in [0.717, 1.165) is 25.7 Å². The second-order valence-corrected chi connectivity index (χ2v) is 6.80. The maximum Gasteiger partial charge on any atom is 0.173 e. The van der Waals surface area contributed by atoms with Gasteiger partial charge in [0, 0.05) is 25.9 Å². The van der Waals surface area contributed by atoms with E-state index in [1.54, 1.807) is 7.11 Å². The number of aliphatic hydroxyl groups is 1. The van der Waals surface area contributed by atoms with Gasteiger partial charge in [-0.2, -0.15) is 0 Å². The Morgan fingerprint density at radius 2 is 2.05 bits per heavy atom. The first-order chi connectivity index (χ1) is 8.90. The largest absolute Gasteiger partial charge is 0.394 e. The average molecular weight is 272 g/mol. The molecule has 1 aliphatic carbocycles. The van der Waals surface area contributed by atoms with Crippen molar-refractivity contribution in [3.8, 4) is 0 Å². The van der Waals surface area contributed by atoms with Crippen LogP contribution in [0.4, 0.5) is 0 Å². The minimum Gasteiger partial charge on any atom is -0.394 e. The highest BCUT2D eigenvalue weighted by atomic mass is 16.7. The Bertz CT molecular complexity index is 299. The molecule has 1 aliphatic heterocycles. The van der Waals surface area contributed by atoms with Crippen LogP contribution >= 0.6 is 0 Å². The zero-order valence-electron chi connectivity index (χ0n) is 12.6. The molecular formula is C15H28O4. The van der Waals surface area contributed by atoms with Crippen LogP contribution in [-0.4, -0.2) is 42.4 Å². The van der Waals surface area contributed by atoms with Gasteiger partial charge in [-0.25, -0.2) is 0 Å². The van der Waals surface area contributed by atoms with Gasteiger partial charge in [0.15, 0.2) is 5.79 Å². The van der Waals surface area contributed by atoms with Gasteiger partial charge in [0.25, 0.3) is 0 Å². The Kier molecular flexibility index (Phi) is 4.56. The number of rotatable bonds is 3. The molecule has 4 atom stereocenters. The lowest BCUT2D eigenvalue weighted by Crippen LogP contribution is -2.58. The molecule has 1 N–H and O–H groups in total. The van der Waals surface area contributed by atoms with E-state index in [-0.39, 0.29) is 30.3 Å². The molecule has 0 aromatic rings. The van der Waals surface area contributed by atoms with Crippen molar-refractivity contribution in [3.05, 3.63) is 0 Å². The SMILES string of the molecule is CO[C@@]12CCCC[C@@H]1[C@H](OC(C)(C)C)C[C@@H](CO)O2. The third-order valence-electron chi connectivity index (χ3n) is 4.22. The van der Waals surface area contributed by atoms with E-state index in [2.05, 4.69) is 20.8 Å². The van der Waals surface area contributed by atoms with E-state index in [0.29, 0.717) is 0 Å². The lowest BCUT2D eigenvalue weighted by atomic mass is 9.75. The van der Waals surface area contributed by atoms with Gasteiger partial charge in [-0.1, -0.05) is 6.42 Å². The molecule has 2 fully saturated rings. The van der Waals surface area contributed by atoms with Crippen LogP contribution in [0, 0.1) is 5.92 Å². The third kappa shape index (κ3) is 3.30. The fourth-order valence-corrected chi connectivity index (χ4v) is 3.51. The fraction of sp³-hybridized carbons (Fsp3) is 1.00. The minimum atomic E-state index is -0.556. The topological polar surface area (TPSA) is 47.9 Å². The second kappa shape index (κ2) is 5.68. The molecule has 0 aromatic carbocycles. The Balaban J connectivity index is 2.20. The van der Waals surface area contributed by atoms with Crippen LogP contribution < -0.4 is 0 Å². The van der Waals surface area contributed by atoms with Gasteiger partial charge >= 0.3 is 0 Å². The molecular weight excluding hydrogens is 244 g/mol. The number of aliphatic hydroxyl groups excluding tert-OH is 1. The number of methoxy groups -OCH3 is 1. The van der Waals surface area contributed by atoms with E-state index in [1.807, 2.05) is 0 Å². The lowest BCUT2D eigenvalue weighted by Gasteiger charge is -2.52. The zero-order chi connectivity index (χ0) is 14.1. The van der Waals surface area contributed by atoms with Gasteiger partial charge in [-0.3, -0.25) is 0 Å². The number of hydrogen-bond donors (Lipinski definition) is 1. The van der Waals surface area contributed by atoms with Crippen LogP contribution in [0.1, 0.15) is 52.9 Å². The summed E-state index contributed by atoms with van der Waals surface area (Å²) in [6.07, 6.45) is 4.97. The highest BCUT2D eigenvalue weighted by Gasteiger charge is 2.52. The highest BCUT2D eigenvalue weighted by molar-refractivity contribution is 4.95. The summed E-state index contributed by atoms with van der Waals surface area (Å²) in [6.45, 7) is 6.26. The smallest absolute Gasteiger partial charge is 0.173 e. The van der Waals surface area contributed by atoms with Crippen LogP contribution in [0.3, 0.4) is 0 Å². The van der Waals surface area contributed by atoms with Gasteiger partial charge in [0.2, 0.25) is 0 Å². The van der Waals surface area contributed by atoms with Crippen molar-refractivity contribution in [2.24, 2.45) is 5.92 Å². The van der Waals surface area contributed by atoms with Crippen molar-refractivity contribution in [3.63, 3.8) is 0 Å². The summed E-state index contributed by atoms with van der Waals surface area (Å²) in [5.74, 6) is -0.284. The highest BCUT2D eigenvalue weighted by Crippen LogP contribution is 2.46. The van der Waals surface area contributed by atoms with Gasteiger partial charge in [0.1, 0.15) is 0 Å². The van der Waals surface area contributed by atoms with E-state index in [9.17, 15) is 5.11 Å². The molecule has 0 amide bonds. The molecule has 0 bridgehead atoms. The van der Waals surface area contributed by atoms with Crippen molar-refractivity contribution < 1.29 is 19.3 Å². The summed E-state index contributed by atoms with van der Waals surface area (Å²) < 4.78 is 18.1. The van der Waals surface area contributed by atoms with E-state index in [1.165, 1.54) is 6.42 Å². The Morgan fingerprint density at radius 3 is 2.63 bits per heavy atom. The molecule has 2 rings (SSSR count). The molecule has 4 heteroatoms. The first kappa shape index (κ1) is 15.2. The standard InChI is InChI=1S/C15H28O4/c1-14(2,3)19-13-9-11(10-16)18-15(17-4)8-6-5-7-12(13)15/h11-13,16H,5-10H2,1-4H3/t11-,12+,13+,15+/m0/s1. The van der Waals surface area contributed by atoms with Crippen LogP contribution in [0.15, 0.2) is 0 Å². The monoisotopic (exact) mass is 272 g/mol. The summed E-state index contributed by atoms with van der Waals surface area (Å²) in [6, 6.07) is 0. The molecule has 0 radical (unpaired) electrons. The molecule has 112 valence electrons. The van der Waals surface area contributed by atoms with Crippen molar-refractivity contribution in [2.75, 3.05) is 13.7 Å². The van der Waals surface area contributed by atoms with Gasteiger partial charge in [-0.05, 0) is 33.6 Å². The number of ether oxygens (including phenoxy) is 3. The Hall–Kier alpha value is -0.160. The minimum absolute atomic E-state index is 0.0296. The molecule has 2 aliphatic rings. The molecule has 1 saturated heterocycles. The molecule has 4 nitrogen and oxygen atoms in total. The first-order valence-corrected chi connectivity index (χ1v) is 7.42. The summed E-state index contributed by atoms with van der Waals surface area (Å²) in [4.78, 5) is 0. The van der Waals surface area contributed by atoms with Crippen LogP contribution in [0.2, 0.25) is 0 Å². The van der Waals surface area contributed by atoms with Gasteiger partial charge in [-0.15, -0.1) is 0 Å². The van der Waals surface area contributed by atoms with Crippen molar-refractivity contribution in [2.45, 2.75) is 76.5 Å². The predicted molar refractivity (Wildman–Crippen MR) is 72.9 cm³/mol. The molecule has 1 saturated carbocycles. The van der Waals surface area contributed by atoms with E-state index in [4.69, 9.17) is 14.2 Å². The maximum absolute atomic E-state index is 9.47. The molecule has 0 unspecified atom stereocenters. The Morgan fingerprint density at radius 1 is 1.32 bits per heavy atom. The third-order valence-corrected chi connectivity index (χ3v) is 4.22. The normalized spacial score (nSPS) is 39.9. The Labute approximate surface area is 116 Å². The molecule has 1 heterocycles. The van der Waals surface area contributed by atoms with Crippen LogP contribution in [0.25, 0.3) is 0 Å². The lowest BCUT2D eigenvalue weighted by molar-refractivity contribution is -0.341. The van der Waals surface area contributed by atoms with E-state index < -0.39 is 5.79 Å². The summed E-state index contributed by atoms with van der Waals surface area (Å²) in [5, 5.41) is 9.47. The molecule has 19 heavy (non-hydrogen) atoms. The zero-order valence-corrected chi connectivity index (χ0v) is 12.6. The quantitative estimate of drug-likeness (QED) is 0.857. The predicted octanol–water partition coefficient (Wildman–Crippen LogP) is 2.48. The van der Waals surface area contributed by atoms with E-state index >= 15 is 0 Å².